The number of benzene rings is 1. The van der Waals surface area contributed by atoms with E-state index in [1.165, 1.54) is 55.6 Å². The van der Waals surface area contributed by atoms with Crippen molar-refractivity contribution in [2.45, 2.75) is 45.1 Å². The van der Waals surface area contributed by atoms with Crippen molar-refractivity contribution in [3.8, 4) is 5.75 Å². The summed E-state index contributed by atoms with van der Waals surface area (Å²) in [5, 5.41) is 3.26. The lowest BCUT2D eigenvalue weighted by Gasteiger charge is -2.35. The van der Waals surface area contributed by atoms with E-state index < -0.39 is 0 Å². The maximum absolute atomic E-state index is 5.76. The van der Waals surface area contributed by atoms with Crippen LogP contribution in [-0.4, -0.2) is 38.7 Å². The number of ether oxygens (including phenoxy) is 1. The molecular weight excluding hydrogens is 260 g/mol. The zero-order valence-electron chi connectivity index (χ0n) is 13.7. The highest BCUT2D eigenvalue weighted by Gasteiger charge is 2.35. The predicted molar refractivity (Wildman–Crippen MR) is 87.3 cm³/mol. The van der Waals surface area contributed by atoms with E-state index in [2.05, 4.69) is 23.2 Å². The Balaban J connectivity index is 1.90. The van der Waals surface area contributed by atoms with Crippen molar-refractivity contribution in [3.05, 3.63) is 28.3 Å². The Bertz CT molecular complexity index is 512. The summed E-state index contributed by atoms with van der Waals surface area (Å²) in [6, 6.07) is 3.06. The van der Waals surface area contributed by atoms with Crippen molar-refractivity contribution in [2.75, 3.05) is 33.8 Å². The molecule has 3 nitrogen and oxygen atoms in total. The third kappa shape index (κ3) is 2.58. The third-order valence-electron chi connectivity index (χ3n) is 5.15. The first-order valence-electron chi connectivity index (χ1n) is 8.40. The van der Waals surface area contributed by atoms with Crippen LogP contribution < -0.4 is 10.1 Å². The topological polar surface area (TPSA) is 24.5 Å². The van der Waals surface area contributed by atoms with E-state index >= 15 is 0 Å². The molecule has 0 amide bonds. The molecule has 21 heavy (non-hydrogen) atoms. The van der Waals surface area contributed by atoms with Crippen LogP contribution in [-0.2, 0) is 19.3 Å². The van der Waals surface area contributed by atoms with Crippen LogP contribution in [0, 0.1) is 0 Å². The maximum Gasteiger partial charge on any atom is 0.125 e. The summed E-state index contributed by atoms with van der Waals surface area (Å²) in [5.41, 5.74) is 6.11. The van der Waals surface area contributed by atoms with Gasteiger partial charge in [-0.25, -0.2) is 0 Å². The molecule has 0 saturated heterocycles. The highest BCUT2D eigenvalue weighted by molar-refractivity contribution is 5.55. The fraction of sp³-hybridized carbons (Fsp3) is 0.667. The molecule has 0 fully saturated rings. The number of methoxy groups -OCH3 is 1. The number of rotatable bonds is 6. The first kappa shape index (κ1) is 14.9. The summed E-state index contributed by atoms with van der Waals surface area (Å²) in [5.74, 6) is 1.18. The third-order valence-corrected chi connectivity index (χ3v) is 5.15. The highest BCUT2D eigenvalue weighted by atomic mass is 16.5. The largest absolute Gasteiger partial charge is 0.496 e. The van der Waals surface area contributed by atoms with E-state index in [1.807, 2.05) is 14.2 Å². The van der Waals surface area contributed by atoms with Gasteiger partial charge in [-0.05, 0) is 74.5 Å². The number of nitrogens with zero attached hydrogens (tertiary/aromatic N) is 1. The number of hydrogen-bond acceptors (Lipinski definition) is 3. The van der Waals surface area contributed by atoms with Gasteiger partial charge in [0, 0.05) is 12.6 Å². The summed E-state index contributed by atoms with van der Waals surface area (Å²) >= 11 is 0. The van der Waals surface area contributed by atoms with Gasteiger partial charge in [-0.2, -0.15) is 0 Å². The van der Waals surface area contributed by atoms with Gasteiger partial charge in [0.1, 0.15) is 5.75 Å². The van der Waals surface area contributed by atoms with E-state index in [4.69, 9.17) is 4.74 Å². The molecule has 0 bridgehead atoms. The molecule has 1 aromatic rings. The number of hydrogen-bond donors (Lipinski definition) is 1. The Kier molecular flexibility index (Phi) is 4.51. The van der Waals surface area contributed by atoms with Crippen LogP contribution >= 0.6 is 0 Å². The molecule has 2 aliphatic rings. The van der Waals surface area contributed by atoms with Gasteiger partial charge in [-0.1, -0.05) is 13.0 Å². The standard InChI is InChI=1S/C18H28N2O/c1-4-13-12-14-8-11-20(10-5-9-19-2)16-7-6-15(17(14)16)18(13)21-3/h12,16,19H,4-11H2,1-3H3. The minimum atomic E-state index is 0.639. The molecule has 0 aromatic heterocycles. The quantitative estimate of drug-likeness (QED) is 0.815. The van der Waals surface area contributed by atoms with Gasteiger partial charge in [-0.3, -0.25) is 4.90 Å². The lowest BCUT2D eigenvalue weighted by molar-refractivity contribution is 0.183. The first-order chi connectivity index (χ1) is 10.3. The Labute approximate surface area is 128 Å². The van der Waals surface area contributed by atoms with Gasteiger partial charge in [0.25, 0.3) is 0 Å². The predicted octanol–water partition coefficient (Wildman–Crippen LogP) is 2.71. The molecule has 3 rings (SSSR count). The van der Waals surface area contributed by atoms with Gasteiger partial charge < -0.3 is 10.1 Å². The van der Waals surface area contributed by atoms with Gasteiger partial charge >= 0.3 is 0 Å². The molecule has 0 saturated carbocycles. The van der Waals surface area contributed by atoms with Crippen LogP contribution in [0.15, 0.2) is 6.07 Å². The van der Waals surface area contributed by atoms with Crippen molar-refractivity contribution in [2.24, 2.45) is 0 Å². The highest BCUT2D eigenvalue weighted by Crippen LogP contribution is 2.46. The maximum atomic E-state index is 5.76. The minimum Gasteiger partial charge on any atom is -0.496 e. The normalized spacial score (nSPS) is 20.6. The summed E-state index contributed by atoms with van der Waals surface area (Å²) in [7, 11) is 3.87. The van der Waals surface area contributed by atoms with Crippen LogP contribution in [0.4, 0.5) is 0 Å². The van der Waals surface area contributed by atoms with Crippen LogP contribution in [0.3, 0.4) is 0 Å². The van der Waals surface area contributed by atoms with E-state index in [0.717, 1.165) is 13.0 Å². The zero-order valence-corrected chi connectivity index (χ0v) is 13.7. The second-order valence-corrected chi connectivity index (χ2v) is 6.27. The Hall–Kier alpha value is -1.06. The molecule has 1 heterocycles. The van der Waals surface area contributed by atoms with Crippen molar-refractivity contribution in [1.82, 2.24) is 10.2 Å². The summed E-state index contributed by atoms with van der Waals surface area (Å²) in [6.45, 7) is 5.77. The van der Waals surface area contributed by atoms with Crippen molar-refractivity contribution in [3.63, 3.8) is 0 Å². The van der Waals surface area contributed by atoms with Gasteiger partial charge in [0.05, 0.1) is 7.11 Å². The second-order valence-electron chi connectivity index (χ2n) is 6.27. The summed E-state index contributed by atoms with van der Waals surface area (Å²) < 4.78 is 5.76. The van der Waals surface area contributed by atoms with E-state index in [0.29, 0.717) is 6.04 Å². The minimum absolute atomic E-state index is 0.639. The molecule has 1 aliphatic carbocycles. The first-order valence-corrected chi connectivity index (χ1v) is 8.40. The zero-order chi connectivity index (χ0) is 14.8. The van der Waals surface area contributed by atoms with E-state index in [-0.39, 0.29) is 0 Å². The fourth-order valence-corrected chi connectivity index (χ4v) is 4.19. The van der Waals surface area contributed by atoms with E-state index in [1.54, 1.807) is 11.1 Å². The lowest BCUT2D eigenvalue weighted by Crippen LogP contribution is -2.36. The van der Waals surface area contributed by atoms with E-state index in [9.17, 15) is 0 Å². The van der Waals surface area contributed by atoms with Crippen LogP contribution in [0.25, 0.3) is 0 Å². The number of nitrogens with one attached hydrogen (secondary N) is 1. The average molecular weight is 288 g/mol. The van der Waals surface area contributed by atoms with Crippen LogP contribution in [0.1, 0.15) is 48.1 Å². The average Bonchev–Trinajstić information content (AvgIpc) is 2.95. The molecule has 1 aliphatic heterocycles. The molecular formula is C18H28N2O. The van der Waals surface area contributed by atoms with Gasteiger partial charge in [-0.15, -0.1) is 0 Å². The summed E-state index contributed by atoms with van der Waals surface area (Å²) in [6.07, 6.45) is 5.97. The molecule has 3 heteroatoms. The Morgan fingerprint density at radius 2 is 2.24 bits per heavy atom. The molecule has 1 unspecified atom stereocenters. The molecule has 1 aromatic carbocycles. The van der Waals surface area contributed by atoms with Crippen LogP contribution in [0.5, 0.6) is 5.75 Å². The van der Waals surface area contributed by atoms with Crippen molar-refractivity contribution < 1.29 is 4.74 Å². The molecule has 116 valence electrons. The SMILES string of the molecule is CCc1cc2c3c(c1OC)CCC3N(CCCNC)CC2. The molecule has 1 atom stereocenters. The molecule has 1 N–H and O–H groups in total. The second kappa shape index (κ2) is 6.37. The monoisotopic (exact) mass is 288 g/mol. The van der Waals surface area contributed by atoms with Gasteiger partial charge in [0.2, 0.25) is 0 Å². The van der Waals surface area contributed by atoms with Crippen molar-refractivity contribution >= 4 is 0 Å². The Morgan fingerprint density at radius 1 is 1.38 bits per heavy atom. The summed E-state index contributed by atoms with van der Waals surface area (Å²) in [4.78, 5) is 2.70. The molecule has 0 spiro atoms. The lowest BCUT2D eigenvalue weighted by atomic mass is 9.90. The van der Waals surface area contributed by atoms with Gasteiger partial charge in [0.15, 0.2) is 0 Å². The van der Waals surface area contributed by atoms with Crippen LogP contribution in [0.2, 0.25) is 0 Å². The molecule has 0 radical (unpaired) electrons. The number of aryl methyl sites for hydroxylation is 1. The Morgan fingerprint density at radius 3 is 2.95 bits per heavy atom. The van der Waals surface area contributed by atoms with Crippen molar-refractivity contribution in [1.29, 1.82) is 0 Å². The fourth-order valence-electron chi connectivity index (χ4n) is 4.19. The smallest absolute Gasteiger partial charge is 0.125 e.